The molecule has 0 saturated carbocycles. The monoisotopic (exact) mass is 499 g/mol. The Bertz CT molecular complexity index is 1420. The van der Waals surface area contributed by atoms with E-state index >= 15 is 0 Å². The van der Waals surface area contributed by atoms with Gasteiger partial charge in [-0.15, -0.1) is 32.9 Å². The first-order valence-electron chi connectivity index (χ1n) is 8.91. The molecule has 1 amide bonds. The van der Waals surface area contributed by atoms with Crippen LogP contribution in [0.1, 0.15) is 5.56 Å². The van der Waals surface area contributed by atoms with E-state index in [0.29, 0.717) is 16.3 Å². The van der Waals surface area contributed by atoms with Gasteiger partial charge in [0, 0.05) is 5.69 Å². The average Bonchev–Trinajstić information content (AvgIpc) is 3.54. The van der Waals surface area contributed by atoms with Crippen LogP contribution in [-0.2, 0) is 14.8 Å². The average molecular weight is 500 g/mol. The van der Waals surface area contributed by atoms with Crippen molar-refractivity contribution < 1.29 is 13.2 Å². The fraction of sp³-hybridized carbons (Fsp3) is 0. The molecule has 8 nitrogen and oxygen atoms in total. The molecule has 4 rings (SSSR count). The number of hydrogen-bond donors (Lipinski definition) is 2. The molecule has 2 N–H and O–H groups in total. The number of nitriles is 1. The van der Waals surface area contributed by atoms with E-state index in [1.807, 2.05) is 23.6 Å². The number of hydrogen-bond acceptors (Lipinski definition) is 9. The van der Waals surface area contributed by atoms with Crippen molar-refractivity contribution in [2.24, 2.45) is 0 Å². The number of anilines is 2. The summed E-state index contributed by atoms with van der Waals surface area (Å²) in [4.78, 5) is 13.5. The Morgan fingerprint density at radius 2 is 1.88 bits per heavy atom. The zero-order valence-electron chi connectivity index (χ0n) is 16.1. The number of thiophene rings is 2. The molecule has 0 unspecified atom stereocenters. The molecule has 4 aromatic rings. The highest BCUT2D eigenvalue weighted by atomic mass is 32.2. The molecule has 0 radical (unpaired) electrons. The van der Waals surface area contributed by atoms with Crippen LogP contribution in [0, 0.1) is 11.3 Å². The van der Waals surface area contributed by atoms with Gasteiger partial charge in [0.1, 0.15) is 15.9 Å². The second-order valence-electron chi connectivity index (χ2n) is 6.18. The molecule has 0 fully saturated rings. The SMILES string of the molecule is N#C/C(=C\c1cccc(NS(=O)(=O)c2cccs2)c1)C(=O)Nc1nnc(-c2cccs2)s1. The van der Waals surface area contributed by atoms with Crippen LogP contribution in [0.2, 0.25) is 0 Å². The third-order valence-electron chi connectivity index (χ3n) is 3.95. The van der Waals surface area contributed by atoms with Crippen molar-refractivity contribution in [1.29, 1.82) is 5.26 Å². The standard InChI is InChI=1S/C20H13N5O3S4/c21-12-14(18(26)22-20-24-23-19(31-20)16-6-2-8-29-16)10-13-4-1-5-15(11-13)25-32(27,28)17-7-3-9-30-17/h1-11,25H,(H,22,24,26)/b14-10+. The summed E-state index contributed by atoms with van der Waals surface area (Å²) in [7, 11) is -3.70. The van der Waals surface area contributed by atoms with Crippen molar-refractivity contribution in [3.63, 3.8) is 0 Å². The zero-order valence-corrected chi connectivity index (χ0v) is 19.3. The van der Waals surface area contributed by atoms with Crippen molar-refractivity contribution in [1.82, 2.24) is 10.2 Å². The minimum Gasteiger partial charge on any atom is -0.296 e. The molecule has 32 heavy (non-hydrogen) atoms. The number of sulfonamides is 1. The summed E-state index contributed by atoms with van der Waals surface area (Å²) in [5.41, 5.74) is 0.644. The second kappa shape index (κ2) is 9.41. The lowest BCUT2D eigenvalue weighted by atomic mass is 10.1. The van der Waals surface area contributed by atoms with E-state index in [2.05, 4.69) is 20.2 Å². The quantitative estimate of drug-likeness (QED) is 0.281. The van der Waals surface area contributed by atoms with Gasteiger partial charge in [-0.1, -0.05) is 35.6 Å². The summed E-state index contributed by atoms with van der Waals surface area (Å²) in [5.74, 6) is -0.633. The van der Waals surface area contributed by atoms with E-state index in [1.165, 1.54) is 40.9 Å². The van der Waals surface area contributed by atoms with Gasteiger partial charge >= 0.3 is 0 Å². The fourth-order valence-electron chi connectivity index (χ4n) is 2.57. The van der Waals surface area contributed by atoms with E-state index < -0.39 is 15.9 Å². The van der Waals surface area contributed by atoms with Crippen molar-refractivity contribution in [3.8, 4) is 16.0 Å². The van der Waals surface area contributed by atoms with Gasteiger partial charge in [-0.2, -0.15) is 5.26 Å². The van der Waals surface area contributed by atoms with Crippen LogP contribution in [0.3, 0.4) is 0 Å². The smallest absolute Gasteiger partial charge is 0.271 e. The first-order chi connectivity index (χ1) is 15.4. The van der Waals surface area contributed by atoms with Gasteiger partial charge in [-0.3, -0.25) is 14.8 Å². The summed E-state index contributed by atoms with van der Waals surface area (Å²) in [5, 5.41) is 24.6. The minimum atomic E-state index is -3.70. The van der Waals surface area contributed by atoms with Gasteiger partial charge in [0.05, 0.1) is 4.88 Å². The van der Waals surface area contributed by atoms with E-state index in [4.69, 9.17) is 0 Å². The highest BCUT2D eigenvalue weighted by Crippen LogP contribution is 2.30. The second-order valence-corrected chi connectivity index (χ2v) is 11.0. The van der Waals surface area contributed by atoms with Crippen molar-refractivity contribution in [2.75, 3.05) is 10.0 Å². The lowest BCUT2D eigenvalue weighted by Crippen LogP contribution is -2.13. The van der Waals surface area contributed by atoms with Crippen LogP contribution in [0.4, 0.5) is 10.8 Å². The fourth-order valence-corrected chi connectivity index (χ4v) is 6.14. The van der Waals surface area contributed by atoms with Crippen LogP contribution in [0.5, 0.6) is 0 Å². The molecular weight excluding hydrogens is 487 g/mol. The largest absolute Gasteiger partial charge is 0.296 e. The lowest BCUT2D eigenvalue weighted by molar-refractivity contribution is -0.112. The Kier molecular flexibility index (Phi) is 6.42. The number of carbonyl (C=O) groups is 1. The van der Waals surface area contributed by atoms with Gasteiger partial charge in [0.15, 0.2) is 5.01 Å². The van der Waals surface area contributed by atoms with Crippen LogP contribution in [-0.4, -0.2) is 24.5 Å². The summed E-state index contributed by atoms with van der Waals surface area (Å²) in [6, 6.07) is 15.2. The number of rotatable bonds is 7. The maximum Gasteiger partial charge on any atom is 0.271 e. The van der Waals surface area contributed by atoms with Gasteiger partial charge in [-0.05, 0) is 46.7 Å². The Morgan fingerprint density at radius 3 is 2.59 bits per heavy atom. The van der Waals surface area contributed by atoms with E-state index in [0.717, 1.165) is 16.2 Å². The number of carbonyl (C=O) groups excluding carboxylic acids is 1. The van der Waals surface area contributed by atoms with E-state index in [1.54, 1.807) is 29.6 Å². The maximum absolute atomic E-state index is 12.5. The number of nitrogens with one attached hydrogen (secondary N) is 2. The molecule has 0 saturated heterocycles. The molecule has 160 valence electrons. The summed E-state index contributed by atoms with van der Waals surface area (Å²) < 4.78 is 27.5. The van der Waals surface area contributed by atoms with Crippen LogP contribution in [0.15, 0.2) is 69.1 Å². The highest BCUT2D eigenvalue weighted by Gasteiger charge is 2.16. The van der Waals surface area contributed by atoms with Crippen LogP contribution >= 0.6 is 34.0 Å². The number of nitrogens with zero attached hydrogens (tertiary/aromatic N) is 3. The molecule has 3 heterocycles. The number of amides is 1. The predicted octanol–water partition coefficient (Wildman–Crippen LogP) is 4.67. The Labute approximate surface area is 195 Å². The van der Waals surface area contributed by atoms with Crippen molar-refractivity contribution in [2.45, 2.75) is 4.21 Å². The molecule has 0 atom stereocenters. The molecule has 3 aromatic heterocycles. The van der Waals surface area contributed by atoms with E-state index in [9.17, 15) is 18.5 Å². The first kappa shape index (κ1) is 21.8. The summed E-state index contributed by atoms with van der Waals surface area (Å²) >= 11 is 3.82. The van der Waals surface area contributed by atoms with Gasteiger partial charge in [0.2, 0.25) is 5.13 Å². The molecule has 0 bridgehead atoms. The Morgan fingerprint density at radius 1 is 1.06 bits per heavy atom. The molecule has 12 heteroatoms. The van der Waals surface area contributed by atoms with Gasteiger partial charge < -0.3 is 0 Å². The summed E-state index contributed by atoms with van der Waals surface area (Å²) in [6.45, 7) is 0. The molecule has 1 aromatic carbocycles. The minimum absolute atomic E-state index is 0.156. The molecule has 0 spiro atoms. The summed E-state index contributed by atoms with van der Waals surface area (Å²) in [6.07, 6.45) is 1.37. The number of aromatic nitrogens is 2. The molecular formula is C20H13N5O3S4. The van der Waals surface area contributed by atoms with Crippen LogP contribution in [0.25, 0.3) is 16.0 Å². The van der Waals surface area contributed by atoms with Crippen LogP contribution < -0.4 is 10.0 Å². The third-order valence-corrected chi connectivity index (χ3v) is 8.61. The normalized spacial score (nSPS) is 11.7. The topological polar surface area (TPSA) is 125 Å². The van der Waals surface area contributed by atoms with E-state index in [-0.39, 0.29) is 14.9 Å². The predicted molar refractivity (Wildman–Crippen MR) is 127 cm³/mol. The first-order valence-corrected chi connectivity index (χ1v) is 13.0. The van der Waals surface area contributed by atoms with Gasteiger partial charge in [0.25, 0.3) is 15.9 Å². The van der Waals surface area contributed by atoms with Crippen molar-refractivity contribution in [3.05, 3.63) is 70.4 Å². The Balaban J connectivity index is 1.50. The van der Waals surface area contributed by atoms with Crippen molar-refractivity contribution >= 4 is 66.8 Å². The molecule has 0 aliphatic heterocycles. The molecule has 0 aliphatic carbocycles. The highest BCUT2D eigenvalue weighted by molar-refractivity contribution is 7.94. The van der Waals surface area contributed by atoms with Gasteiger partial charge in [-0.25, -0.2) is 8.42 Å². The third kappa shape index (κ3) is 5.09. The molecule has 0 aliphatic rings. The maximum atomic E-state index is 12.5. The lowest BCUT2D eigenvalue weighted by Gasteiger charge is -2.07. The number of benzene rings is 1. The Hall–Kier alpha value is -3.37. The zero-order chi connectivity index (χ0) is 22.6.